The van der Waals surface area contributed by atoms with Gasteiger partial charge in [-0.2, -0.15) is 0 Å². The van der Waals surface area contributed by atoms with E-state index in [2.05, 4.69) is 42.7 Å². The van der Waals surface area contributed by atoms with E-state index in [1.807, 2.05) is 0 Å². The predicted molar refractivity (Wildman–Crippen MR) is 60.5 cm³/mol. The third-order valence-corrected chi connectivity index (χ3v) is 2.91. The minimum atomic E-state index is 0.0184. The minimum Gasteiger partial charge on any atom is -0.349 e. The van der Waals surface area contributed by atoms with Gasteiger partial charge in [-0.05, 0) is 30.5 Å². The molecule has 1 atom stereocenters. The van der Waals surface area contributed by atoms with Crippen molar-refractivity contribution in [3.8, 4) is 0 Å². The highest BCUT2D eigenvalue weighted by molar-refractivity contribution is 5.32. The van der Waals surface area contributed by atoms with Crippen LogP contribution in [0, 0.1) is 13.8 Å². The summed E-state index contributed by atoms with van der Waals surface area (Å²) in [6.07, 6.45) is 0.0184. The summed E-state index contributed by atoms with van der Waals surface area (Å²) in [5.41, 5.74) is 4.05. The Kier molecular flexibility index (Phi) is 3.36. The van der Waals surface area contributed by atoms with Crippen LogP contribution in [0.25, 0.3) is 0 Å². The van der Waals surface area contributed by atoms with Crippen LogP contribution in [0.15, 0.2) is 18.2 Å². The minimum absolute atomic E-state index is 0.0184. The van der Waals surface area contributed by atoms with Crippen molar-refractivity contribution in [3.05, 3.63) is 34.9 Å². The topological polar surface area (TPSA) is 33.3 Å². The Morgan fingerprint density at radius 2 is 2.33 bits per heavy atom. The van der Waals surface area contributed by atoms with Gasteiger partial charge >= 0.3 is 0 Å². The largest absolute Gasteiger partial charge is 0.349 e. The summed E-state index contributed by atoms with van der Waals surface area (Å²) in [5.74, 6) is 0. The van der Waals surface area contributed by atoms with E-state index in [1.54, 1.807) is 0 Å². The molecule has 15 heavy (non-hydrogen) atoms. The Morgan fingerprint density at radius 1 is 1.47 bits per heavy atom. The molecule has 1 unspecified atom stereocenters. The molecule has 1 saturated heterocycles. The molecule has 2 rings (SSSR count). The van der Waals surface area contributed by atoms with Crippen molar-refractivity contribution in [2.45, 2.75) is 26.7 Å². The lowest BCUT2D eigenvalue weighted by molar-refractivity contribution is 0.0720. The summed E-state index contributed by atoms with van der Waals surface area (Å²) in [6, 6.07) is 6.40. The fourth-order valence-electron chi connectivity index (χ4n) is 1.76. The van der Waals surface area contributed by atoms with Gasteiger partial charge in [0.15, 0.2) is 6.35 Å². The van der Waals surface area contributed by atoms with Gasteiger partial charge in [0.25, 0.3) is 0 Å². The first-order valence-electron chi connectivity index (χ1n) is 5.41. The van der Waals surface area contributed by atoms with E-state index in [0.717, 1.165) is 19.7 Å². The smallest absolute Gasteiger partial charge is 0.163 e. The Labute approximate surface area is 90.8 Å². The molecule has 0 bridgehead atoms. The Bertz CT molecular complexity index is 332. The van der Waals surface area contributed by atoms with Crippen LogP contribution in [0.1, 0.15) is 16.7 Å². The molecular weight excluding hydrogens is 188 g/mol. The molecule has 1 aromatic rings. The molecule has 0 radical (unpaired) electrons. The van der Waals surface area contributed by atoms with E-state index in [0.29, 0.717) is 0 Å². The number of benzene rings is 1. The van der Waals surface area contributed by atoms with Crippen LogP contribution < -0.4 is 10.6 Å². The average Bonchev–Trinajstić information content (AvgIpc) is 2.73. The highest BCUT2D eigenvalue weighted by Crippen LogP contribution is 2.12. The van der Waals surface area contributed by atoms with E-state index < -0.39 is 0 Å². The number of hydrogen-bond acceptors (Lipinski definition) is 3. The second-order valence-electron chi connectivity index (χ2n) is 3.94. The van der Waals surface area contributed by atoms with Crippen molar-refractivity contribution >= 4 is 0 Å². The van der Waals surface area contributed by atoms with Crippen LogP contribution in [0.3, 0.4) is 0 Å². The standard InChI is InChI=1S/C12H18N2O/c1-9-4-3-5-11(10(9)2)8-14-12-13-6-7-15-12/h3-5,12-14H,6-8H2,1-2H3. The molecular formula is C12H18N2O. The lowest BCUT2D eigenvalue weighted by Crippen LogP contribution is -2.38. The van der Waals surface area contributed by atoms with Gasteiger partial charge in [-0.3, -0.25) is 10.6 Å². The first-order valence-corrected chi connectivity index (χ1v) is 5.41. The molecule has 3 heteroatoms. The summed E-state index contributed by atoms with van der Waals surface area (Å²) in [5, 5.41) is 6.56. The maximum Gasteiger partial charge on any atom is 0.163 e. The summed E-state index contributed by atoms with van der Waals surface area (Å²) >= 11 is 0. The van der Waals surface area contributed by atoms with E-state index in [4.69, 9.17) is 4.74 Å². The summed E-state index contributed by atoms with van der Waals surface area (Å²) in [7, 11) is 0. The third kappa shape index (κ3) is 2.56. The van der Waals surface area contributed by atoms with Crippen molar-refractivity contribution in [2.75, 3.05) is 13.2 Å². The monoisotopic (exact) mass is 206 g/mol. The van der Waals surface area contributed by atoms with Crippen LogP contribution >= 0.6 is 0 Å². The van der Waals surface area contributed by atoms with Crippen LogP contribution in [0.5, 0.6) is 0 Å². The number of aryl methyl sites for hydroxylation is 1. The third-order valence-electron chi connectivity index (χ3n) is 2.91. The molecule has 1 aliphatic rings. The number of ether oxygens (including phenoxy) is 1. The number of nitrogens with one attached hydrogen (secondary N) is 2. The molecule has 0 saturated carbocycles. The van der Waals surface area contributed by atoms with E-state index in [9.17, 15) is 0 Å². The Balaban J connectivity index is 1.95. The summed E-state index contributed by atoms with van der Waals surface area (Å²) in [6.45, 7) is 6.89. The molecule has 2 N–H and O–H groups in total. The van der Waals surface area contributed by atoms with Gasteiger partial charge in [-0.1, -0.05) is 18.2 Å². The SMILES string of the molecule is Cc1cccc(CNC2NCCO2)c1C. The van der Waals surface area contributed by atoms with Gasteiger partial charge in [0.05, 0.1) is 6.61 Å². The second-order valence-corrected chi connectivity index (χ2v) is 3.94. The van der Waals surface area contributed by atoms with Gasteiger partial charge in [-0.25, -0.2) is 0 Å². The highest BCUT2D eigenvalue weighted by atomic mass is 16.5. The zero-order chi connectivity index (χ0) is 10.7. The zero-order valence-electron chi connectivity index (χ0n) is 9.34. The second kappa shape index (κ2) is 4.75. The van der Waals surface area contributed by atoms with Crippen molar-refractivity contribution in [1.29, 1.82) is 0 Å². The lowest BCUT2D eigenvalue weighted by Gasteiger charge is -2.14. The highest BCUT2D eigenvalue weighted by Gasteiger charge is 2.13. The van der Waals surface area contributed by atoms with Crippen molar-refractivity contribution in [2.24, 2.45) is 0 Å². The zero-order valence-corrected chi connectivity index (χ0v) is 9.34. The molecule has 0 spiro atoms. The molecule has 1 aromatic carbocycles. The van der Waals surface area contributed by atoms with Gasteiger partial charge < -0.3 is 4.74 Å². The van der Waals surface area contributed by atoms with E-state index >= 15 is 0 Å². The van der Waals surface area contributed by atoms with Crippen molar-refractivity contribution in [3.63, 3.8) is 0 Å². The fraction of sp³-hybridized carbons (Fsp3) is 0.500. The molecule has 0 aliphatic carbocycles. The first kappa shape index (κ1) is 10.6. The predicted octanol–water partition coefficient (Wildman–Crippen LogP) is 1.30. The molecule has 82 valence electrons. The maximum absolute atomic E-state index is 5.42. The maximum atomic E-state index is 5.42. The van der Waals surface area contributed by atoms with Gasteiger partial charge in [0, 0.05) is 13.1 Å². The molecule has 3 nitrogen and oxygen atoms in total. The molecule has 0 amide bonds. The van der Waals surface area contributed by atoms with Crippen molar-refractivity contribution < 1.29 is 4.74 Å². The Morgan fingerprint density at radius 3 is 3.07 bits per heavy atom. The lowest BCUT2D eigenvalue weighted by atomic mass is 10.0. The van der Waals surface area contributed by atoms with Crippen molar-refractivity contribution in [1.82, 2.24) is 10.6 Å². The molecule has 1 fully saturated rings. The van der Waals surface area contributed by atoms with Gasteiger partial charge in [0.1, 0.15) is 0 Å². The fourth-order valence-corrected chi connectivity index (χ4v) is 1.76. The normalized spacial score (nSPS) is 20.8. The van der Waals surface area contributed by atoms with E-state index in [1.165, 1.54) is 16.7 Å². The van der Waals surface area contributed by atoms with Gasteiger partial charge in [0.2, 0.25) is 0 Å². The Hall–Kier alpha value is -0.900. The van der Waals surface area contributed by atoms with E-state index in [-0.39, 0.29) is 6.35 Å². The quantitative estimate of drug-likeness (QED) is 0.782. The summed E-state index contributed by atoms with van der Waals surface area (Å²) < 4.78 is 5.42. The van der Waals surface area contributed by atoms with Crippen LogP contribution in [-0.2, 0) is 11.3 Å². The molecule has 1 aliphatic heterocycles. The number of rotatable bonds is 3. The first-order chi connectivity index (χ1) is 7.27. The van der Waals surface area contributed by atoms with Crippen LogP contribution in [0.4, 0.5) is 0 Å². The van der Waals surface area contributed by atoms with Crippen LogP contribution in [-0.4, -0.2) is 19.5 Å². The molecule has 1 heterocycles. The van der Waals surface area contributed by atoms with Gasteiger partial charge in [-0.15, -0.1) is 0 Å². The van der Waals surface area contributed by atoms with Crippen LogP contribution in [0.2, 0.25) is 0 Å². The summed E-state index contributed by atoms with van der Waals surface area (Å²) in [4.78, 5) is 0. The molecule has 0 aromatic heterocycles. The number of hydrogen-bond donors (Lipinski definition) is 2. The average molecular weight is 206 g/mol.